The maximum atomic E-state index is 12.6. The minimum Gasteiger partial charge on any atom is -0.508 e. The van der Waals surface area contributed by atoms with E-state index < -0.39 is 48.4 Å². The average molecular weight is 465 g/mol. The number of carbonyl (C=O) groups is 4. The number of phenolic OH excluding ortho intramolecular Hbond substituents is 1. The van der Waals surface area contributed by atoms with E-state index in [4.69, 9.17) is 5.73 Å². The number of carboxylic acid groups (broad SMARTS) is 1. The van der Waals surface area contributed by atoms with Gasteiger partial charge in [-0.15, -0.1) is 0 Å². The predicted molar refractivity (Wildman–Crippen MR) is 123 cm³/mol. The molecule has 0 aromatic heterocycles. The summed E-state index contributed by atoms with van der Waals surface area (Å²) in [6, 6.07) is 3.13. The summed E-state index contributed by atoms with van der Waals surface area (Å²) in [7, 11) is 0. The Hall–Kier alpha value is -3.14. The third-order valence-electron chi connectivity index (χ3n) is 5.33. The molecular formula is C23H36N4O6. The Morgan fingerprint density at radius 3 is 2.09 bits per heavy atom. The first-order chi connectivity index (χ1) is 15.4. The Balaban J connectivity index is 2.69. The molecule has 4 unspecified atom stereocenters. The molecule has 7 N–H and O–H groups in total. The van der Waals surface area contributed by atoms with Gasteiger partial charge < -0.3 is 31.9 Å². The molecule has 0 saturated carbocycles. The van der Waals surface area contributed by atoms with Crippen LogP contribution in [0, 0.1) is 11.8 Å². The number of amides is 3. The van der Waals surface area contributed by atoms with Gasteiger partial charge in [0, 0.05) is 6.42 Å². The van der Waals surface area contributed by atoms with Gasteiger partial charge in [0.1, 0.15) is 17.8 Å². The summed E-state index contributed by atoms with van der Waals surface area (Å²) in [6.45, 7) is 7.12. The van der Waals surface area contributed by atoms with E-state index >= 15 is 0 Å². The summed E-state index contributed by atoms with van der Waals surface area (Å²) in [5.41, 5.74) is 6.56. The standard InChI is InChI=1S/C23H36N4O6/c1-5-14(4)20(24)22(31)27-17(10-13(2)3)21(30)25-12-19(29)26-18(23(32)33)11-15-6-8-16(28)9-7-15/h6-9,13-14,17-18,20,28H,5,10-12,24H2,1-4H3,(H,25,30)(H,26,29)(H,27,31)(H,32,33). The number of carboxylic acids is 1. The fourth-order valence-corrected chi connectivity index (χ4v) is 3.09. The number of carbonyl (C=O) groups excluding carboxylic acids is 3. The summed E-state index contributed by atoms with van der Waals surface area (Å²) < 4.78 is 0. The van der Waals surface area contributed by atoms with Gasteiger partial charge in [0.2, 0.25) is 17.7 Å². The van der Waals surface area contributed by atoms with Crippen LogP contribution >= 0.6 is 0 Å². The van der Waals surface area contributed by atoms with Gasteiger partial charge in [0.05, 0.1) is 12.6 Å². The molecule has 3 amide bonds. The molecule has 4 atom stereocenters. The first-order valence-corrected chi connectivity index (χ1v) is 11.1. The highest BCUT2D eigenvalue weighted by Gasteiger charge is 2.27. The number of hydrogen-bond acceptors (Lipinski definition) is 6. The van der Waals surface area contributed by atoms with Crippen LogP contribution in [0.5, 0.6) is 5.75 Å². The van der Waals surface area contributed by atoms with Crippen LogP contribution in [0.25, 0.3) is 0 Å². The van der Waals surface area contributed by atoms with Crippen LogP contribution < -0.4 is 21.7 Å². The summed E-state index contributed by atoms with van der Waals surface area (Å²) in [5, 5.41) is 26.2. The smallest absolute Gasteiger partial charge is 0.326 e. The molecular weight excluding hydrogens is 428 g/mol. The van der Waals surface area contributed by atoms with Crippen molar-refractivity contribution in [3.63, 3.8) is 0 Å². The first kappa shape index (κ1) is 27.9. The van der Waals surface area contributed by atoms with E-state index in [1.165, 1.54) is 12.1 Å². The lowest BCUT2D eigenvalue weighted by Crippen LogP contribution is -2.55. The van der Waals surface area contributed by atoms with Gasteiger partial charge in [-0.05, 0) is 36.0 Å². The Bertz CT molecular complexity index is 812. The number of phenols is 1. The Morgan fingerprint density at radius 2 is 1.58 bits per heavy atom. The van der Waals surface area contributed by atoms with E-state index in [1.54, 1.807) is 12.1 Å². The number of nitrogens with two attached hydrogens (primary N) is 1. The van der Waals surface area contributed by atoms with Crippen molar-refractivity contribution in [2.45, 2.75) is 65.1 Å². The minimum absolute atomic E-state index is 0.00876. The highest BCUT2D eigenvalue weighted by atomic mass is 16.4. The Morgan fingerprint density at radius 1 is 0.970 bits per heavy atom. The molecule has 0 aliphatic heterocycles. The number of nitrogens with one attached hydrogen (secondary N) is 3. The molecule has 0 aliphatic carbocycles. The van der Waals surface area contributed by atoms with Crippen LogP contribution in [0.15, 0.2) is 24.3 Å². The summed E-state index contributed by atoms with van der Waals surface area (Å²) in [4.78, 5) is 48.9. The van der Waals surface area contributed by atoms with Crippen LogP contribution in [0.4, 0.5) is 0 Å². The summed E-state index contributed by atoms with van der Waals surface area (Å²) in [5.74, 6) is -2.81. The molecule has 0 fully saturated rings. The number of hydrogen-bond donors (Lipinski definition) is 6. The molecule has 0 spiro atoms. The predicted octanol–water partition coefficient (Wildman–Crippen LogP) is 0.525. The molecule has 1 rings (SSSR count). The van der Waals surface area contributed by atoms with Gasteiger partial charge in [-0.25, -0.2) is 4.79 Å². The third kappa shape index (κ3) is 9.90. The fourth-order valence-electron chi connectivity index (χ4n) is 3.09. The van der Waals surface area contributed by atoms with Gasteiger partial charge in [-0.2, -0.15) is 0 Å². The van der Waals surface area contributed by atoms with Crippen molar-refractivity contribution < 1.29 is 29.4 Å². The minimum atomic E-state index is -1.23. The second kappa shape index (κ2) is 13.4. The molecule has 33 heavy (non-hydrogen) atoms. The van der Waals surface area contributed by atoms with E-state index in [1.807, 2.05) is 27.7 Å². The maximum absolute atomic E-state index is 12.6. The van der Waals surface area contributed by atoms with Crippen LogP contribution in [0.2, 0.25) is 0 Å². The Labute approximate surface area is 194 Å². The second-order valence-electron chi connectivity index (χ2n) is 8.65. The van der Waals surface area contributed by atoms with E-state index in [0.29, 0.717) is 18.4 Å². The lowest BCUT2D eigenvalue weighted by Gasteiger charge is -2.24. The lowest BCUT2D eigenvalue weighted by molar-refractivity contribution is -0.141. The lowest BCUT2D eigenvalue weighted by atomic mass is 9.97. The third-order valence-corrected chi connectivity index (χ3v) is 5.33. The molecule has 10 heteroatoms. The van der Waals surface area contributed by atoms with Crippen LogP contribution in [0.1, 0.15) is 46.1 Å². The van der Waals surface area contributed by atoms with Crippen LogP contribution in [0.3, 0.4) is 0 Å². The summed E-state index contributed by atoms with van der Waals surface area (Å²) >= 11 is 0. The molecule has 0 aliphatic rings. The quantitative estimate of drug-likeness (QED) is 0.247. The zero-order chi connectivity index (χ0) is 25.1. The molecule has 10 nitrogen and oxygen atoms in total. The van der Waals surface area contributed by atoms with Crippen LogP contribution in [-0.2, 0) is 25.6 Å². The Kier molecular flexibility index (Phi) is 11.3. The molecule has 0 heterocycles. The van der Waals surface area contributed by atoms with Crippen molar-refractivity contribution in [3.05, 3.63) is 29.8 Å². The summed E-state index contributed by atoms with van der Waals surface area (Å²) in [6.07, 6.45) is 1.07. The number of aliphatic carboxylic acids is 1. The highest BCUT2D eigenvalue weighted by molar-refractivity contribution is 5.92. The van der Waals surface area contributed by atoms with Crippen molar-refractivity contribution in [2.24, 2.45) is 17.6 Å². The average Bonchev–Trinajstić information content (AvgIpc) is 2.76. The highest BCUT2D eigenvalue weighted by Crippen LogP contribution is 2.12. The van der Waals surface area contributed by atoms with Crippen molar-refractivity contribution in [3.8, 4) is 5.75 Å². The van der Waals surface area contributed by atoms with Gasteiger partial charge in [-0.1, -0.05) is 46.2 Å². The molecule has 0 radical (unpaired) electrons. The van der Waals surface area contributed by atoms with E-state index in [-0.39, 0.29) is 24.0 Å². The zero-order valence-electron chi connectivity index (χ0n) is 19.6. The van der Waals surface area contributed by atoms with E-state index in [2.05, 4.69) is 16.0 Å². The van der Waals surface area contributed by atoms with Crippen LogP contribution in [-0.4, -0.2) is 58.6 Å². The first-order valence-electron chi connectivity index (χ1n) is 11.1. The molecule has 1 aromatic carbocycles. The monoisotopic (exact) mass is 464 g/mol. The number of aromatic hydroxyl groups is 1. The SMILES string of the molecule is CCC(C)C(N)C(=O)NC(CC(C)C)C(=O)NCC(=O)NC(Cc1ccc(O)cc1)C(=O)O. The fraction of sp³-hybridized carbons (Fsp3) is 0.565. The van der Waals surface area contributed by atoms with Gasteiger partial charge >= 0.3 is 5.97 Å². The normalized spacial score (nSPS) is 14.6. The molecule has 0 bridgehead atoms. The largest absolute Gasteiger partial charge is 0.508 e. The van der Waals surface area contributed by atoms with Gasteiger partial charge in [-0.3, -0.25) is 14.4 Å². The molecule has 184 valence electrons. The van der Waals surface area contributed by atoms with E-state index in [0.717, 1.165) is 0 Å². The van der Waals surface area contributed by atoms with Gasteiger partial charge in [0.15, 0.2) is 0 Å². The number of benzene rings is 1. The zero-order valence-corrected chi connectivity index (χ0v) is 19.6. The second-order valence-corrected chi connectivity index (χ2v) is 8.65. The maximum Gasteiger partial charge on any atom is 0.326 e. The van der Waals surface area contributed by atoms with Crippen molar-refractivity contribution in [2.75, 3.05) is 6.54 Å². The molecule has 0 saturated heterocycles. The number of rotatable bonds is 13. The van der Waals surface area contributed by atoms with Crippen molar-refractivity contribution in [1.29, 1.82) is 0 Å². The van der Waals surface area contributed by atoms with E-state index in [9.17, 15) is 29.4 Å². The topological polar surface area (TPSA) is 171 Å². The van der Waals surface area contributed by atoms with Crippen molar-refractivity contribution in [1.82, 2.24) is 16.0 Å². The van der Waals surface area contributed by atoms with Gasteiger partial charge in [0.25, 0.3) is 0 Å². The molecule has 1 aromatic rings. The van der Waals surface area contributed by atoms with Crippen molar-refractivity contribution >= 4 is 23.7 Å².